The van der Waals surface area contributed by atoms with Gasteiger partial charge < -0.3 is 4.74 Å². The minimum atomic E-state index is -3.92. The lowest BCUT2D eigenvalue weighted by molar-refractivity contribution is 0.0600. The second-order valence-corrected chi connectivity index (χ2v) is 6.72. The molecule has 2 aromatic rings. The summed E-state index contributed by atoms with van der Waals surface area (Å²) in [5.74, 6) is -0.722. The Labute approximate surface area is 137 Å². The van der Waals surface area contributed by atoms with Crippen LogP contribution in [0.5, 0.6) is 0 Å². The topological polar surface area (TPSA) is 72.5 Å². The van der Waals surface area contributed by atoms with Crippen LogP contribution in [0.4, 0.5) is 5.69 Å². The van der Waals surface area contributed by atoms with E-state index in [9.17, 15) is 13.2 Å². The van der Waals surface area contributed by atoms with Crippen LogP contribution in [0.1, 0.15) is 10.4 Å². The summed E-state index contributed by atoms with van der Waals surface area (Å²) in [5, 5.41) is 0.358. The Morgan fingerprint density at radius 1 is 1.09 bits per heavy atom. The van der Waals surface area contributed by atoms with Gasteiger partial charge in [-0.1, -0.05) is 35.3 Å². The number of ether oxygens (including phenoxy) is 1. The summed E-state index contributed by atoms with van der Waals surface area (Å²) >= 11 is 11.8. The zero-order valence-electron chi connectivity index (χ0n) is 11.3. The number of esters is 1. The van der Waals surface area contributed by atoms with Crippen LogP contribution in [0.15, 0.2) is 47.4 Å². The van der Waals surface area contributed by atoms with Crippen LogP contribution in [-0.2, 0) is 14.8 Å². The van der Waals surface area contributed by atoms with E-state index < -0.39 is 16.0 Å². The predicted molar refractivity (Wildman–Crippen MR) is 85.1 cm³/mol. The minimum absolute atomic E-state index is 0.0359. The molecule has 0 aliphatic rings. The van der Waals surface area contributed by atoms with Crippen molar-refractivity contribution in [2.24, 2.45) is 0 Å². The van der Waals surface area contributed by atoms with Crippen molar-refractivity contribution in [1.29, 1.82) is 0 Å². The molecule has 0 saturated heterocycles. The number of carbonyl (C=O) groups excluding carboxylic acids is 1. The van der Waals surface area contributed by atoms with Crippen LogP contribution >= 0.6 is 23.2 Å². The molecule has 0 aliphatic heterocycles. The average Bonchev–Trinajstić information content (AvgIpc) is 2.49. The van der Waals surface area contributed by atoms with Gasteiger partial charge in [0.2, 0.25) is 0 Å². The Kier molecular flexibility index (Phi) is 4.95. The molecule has 0 fully saturated rings. The zero-order chi connectivity index (χ0) is 16.3. The van der Waals surface area contributed by atoms with Gasteiger partial charge in [0.25, 0.3) is 10.0 Å². The second-order valence-electron chi connectivity index (χ2n) is 4.22. The Balaban J connectivity index is 2.42. The smallest absolute Gasteiger partial charge is 0.339 e. The number of hydrogen-bond donors (Lipinski definition) is 1. The first-order chi connectivity index (χ1) is 10.3. The van der Waals surface area contributed by atoms with Crippen LogP contribution in [-0.4, -0.2) is 21.5 Å². The summed E-state index contributed by atoms with van der Waals surface area (Å²) in [5.41, 5.74) is 0.199. The van der Waals surface area contributed by atoms with Gasteiger partial charge in [0.1, 0.15) is 0 Å². The summed E-state index contributed by atoms with van der Waals surface area (Å²) in [7, 11) is -2.74. The molecule has 1 N–H and O–H groups in total. The van der Waals surface area contributed by atoms with Gasteiger partial charge in [0.05, 0.1) is 33.3 Å². The number of methoxy groups -OCH3 is 1. The molecule has 0 saturated carbocycles. The summed E-state index contributed by atoms with van der Waals surface area (Å²) in [6.45, 7) is 0. The third-order valence-corrected chi connectivity index (χ3v) is 4.79. The van der Waals surface area contributed by atoms with Crippen molar-refractivity contribution in [3.05, 3.63) is 58.1 Å². The fourth-order valence-corrected chi connectivity index (χ4v) is 3.22. The monoisotopic (exact) mass is 359 g/mol. The maximum Gasteiger partial charge on any atom is 0.339 e. The highest BCUT2D eigenvalue weighted by Crippen LogP contribution is 2.26. The van der Waals surface area contributed by atoms with E-state index in [0.29, 0.717) is 0 Å². The number of sulfonamides is 1. The van der Waals surface area contributed by atoms with E-state index in [0.717, 1.165) is 6.07 Å². The number of anilines is 1. The highest BCUT2D eigenvalue weighted by molar-refractivity contribution is 7.92. The summed E-state index contributed by atoms with van der Waals surface area (Å²) in [6.07, 6.45) is 0. The predicted octanol–water partition coefficient (Wildman–Crippen LogP) is 3.58. The average molecular weight is 360 g/mol. The molecule has 0 radical (unpaired) electrons. The maximum atomic E-state index is 12.4. The Morgan fingerprint density at radius 3 is 2.41 bits per heavy atom. The summed E-state index contributed by atoms with van der Waals surface area (Å²) < 4.78 is 31.6. The van der Waals surface area contributed by atoms with E-state index in [2.05, 4.69) is 9.46 Å². The lowest BCUT2D eigenvalue weighted by Gasteiger charge is -2.11. The Bertz CT molecular complexity index is 821. The quantitative estimate of drug-likeness (QED) is 0.846. The number of rotatable bonds is 4. The van der Waals surface area contributed by atoms with Crippen molar-refractivity contribution >= 4 is 44.9 Å². The molecule has 22 heavy (non-hydrogen) atoms. The van der Waals surface area contributed by atoms with Crippen LogP contribution < -0.4 is 4.72 Å². The van der Waals surface area contributed by atoms with Crippen molar-refractivity contribution in [3.63, 3.8) is 0 Å². The van der Waals surface area contributed by atoms with Gasteiger partial charge in [0, 0.05) is 0 Å². The molecule has 0 heterocycles. The molecule has 0 spiro atoms. The first-order valence-electron chi connectivity index (χ1n) is 6.00. The number of carbonyl (C=O) groups is 1. The molecule has 2 aromatic carbocycles. The van der Waals surface area contributed by atoms with Crippen LogP contribution in [0.2, 0.25) is 10.0 Å². The lowest BCUT2D eigenvalue weighted by atomic mass is 10.2. The molecule has 0 aromatic heterocycles. The highest BCUT2D eigenvalue weighted by atomic mass is 35.5. The molecule has 0 unspecified atom stereocenters. The van der Waals surface area contributed by atoms with E-state index in [1.807, 2.05) is 0 Å². The molecular formula is C14H11Cl2NO4S. The van der Waals surface area contributed by atoms with Crippen LogP contribution in [0.25, 0.3) is 0 Å². The van der Waals surface area contributed by atoms with E-state index >= 15 is 0 Å². The van der Waals surface area contributed by atoms with Gasteiger partial charge in [-0.25, -0.2) is 13.2 Å². The minimum Gasteiger partial charge on any atom is -0.465 e. The lowest BCUT2D eigenvalue weighted by Crippen LogP contribution is -2.14. The normalized spacial score (nSPS) is 11.0. The zero-order valence-corrected chi connectivity index (χ0v) is 13.7. The number of halogens is 2. The number of benzene rings is 2. The molecule has 116 valence electrons. The fourth-order valence-electron chi connectivity index (χ4n) is 1.69. The van der Waals surface area contributed by atoms with E-state index in [-0.39, 0.29) is 26.2 Å². The summed E-state index contributed by atoms with van der Waals surface area (Å²) in [6, 6.07) is 10.2. The van der Waals surface area contributed by atoms with Crippen molar-refractivity contribution in [3.8, 4) is 0 Å². The molecule has 0 amide bonds. The Hall–Kier alpha value is -1.76. The second kappa shape index (κ2) is 6.56. The highest BCUT2D eigenvalue weighted by Gasteiger charge is 2.20. The van der Waals surface area contributed by atoms with E-state index in [1.165, 1.54) is 25.3 Å². The van der Waals surface area contributed by atoms with Gasteiger partial charge in [-0.3, -0.25) is 4.72 Å². The van der Waals surface area contributed by atoms with E-state index in [1.54, 1.807) is 18.2 Å². The van der Waals surface area contributed by atoms with Gasteiger partial charge in [-0.05, 0) is 30.3 Å². The van der Waals surface area contributed by atoms with Gasteiger partial charge >= 0.3 is 5.97 Å². The molecular weight excluding hydrogens is 349 g/mol. The fraction of sp³-hybridized carbons (Fsp3) is 0.0714. The molecule has 0 aliphatic carbocycles. The third kappa shape index (κ3) is 3.52. The van der Waals surface area contributed by atoms with E-state index in [4.69, 9.17) is 23.2 Å². The third-order valence-electron chi connectivity index (χ3n) is 2.77. The van der Waals surface area contributed by atoms with Crippen molar-refractivity contribution < 1.29 is 17.9 Å². The number of para-hydroxylation sites is 1. The van der Waals surface area contributed by atoms with Crippen molar-refractivity contribution in [2.75, 3.05) is 11.8 Å². The standard InChI is InChI=1S/C14H11Cl2NO4S/c1-21-14(18)10-8-9(6-7-11(10)15)22(19,20)17-13-5-3-2-4-12(13)16/h2-8,17H,1H3. The number of hydrogen-bond acceptors (Lipinski definition) is 4. The largest absolute Gasteiger partial charge is 0.465 e. The molecule has 5 nitrogen and oxygen atoms in total. The van der Waals surface area contributed by atoms with Crippen molar-refractivity contribution in [1.82, 2.24) is 0 Å². The van der Waals surface area contributed by atoms with Crippen molar-refractivity contribution in [2.45, 2.75) is 4.90 Å². The molecule has 0 bridgehead atoms. The van der Waals surface area contributed by atoms with Gasteiger partial charge in [-0.2, -0.15) is 0 Å². The summed E-state index contributed by atoms with van der Waals surface area (Å²) in [4.78, 5) is 11.5. The first-order valence-corrected chi connectivity index (χ1v) is 8.24. The Morgan fingerprint density at radius 2 is 1.77 bits per heavy atom. The molecule has 0 atom stereocenters. The maximum absolute atomic E-state index is 12.4. The van der Waals surface area contributed by atoms with Crippen LogP contribution in [0.3, 0.4) is 0 Å². The van der Waals surface area contributed by atoms with Gasteiger partial charge in [-0.15, -0.1) is 0 Å². The molecule has 8 heteroatoms. The van der Waals surface area contributed by atoms with Gasteiger partial charge in [0.15, 0.2) is 0 Å². The molecule has 2 rings (SSSR count). The SMILES string of the molecule is COC(=O)c1cc(S(=O)(=O)Nc2ccccc2Cl)ccc1Cl. The first kappa shape index (κ1) is 16.6. The number of nitrogens with one attached hydrogen (secondary N) is 1. The van der Waals surface area contributed by atoms with Crippen LogP contribution in [0, 0.1) is 0 Å².